The van der Waals surface area contributed by atoms with E-state index in [4.69, 9.17) is 18.9 Å². The van der Waals surface area contributed by atoms with Gasteiger partial charge in [-0.25, -0.2) is 0 Å². The summed E-state index contributed by atoms with van der Waals surface area (Å²) in [6.45, 7) is -0.259. The molecule has 1 rings (SSSR count). The van der Waals surface area contributed by atoms with Gasteiger partial charge in [0.2, 0.25) is 17.8 Å². The zero-order valence-corrected chi connectivity index (χ0v) is 15.0. The Morgan fingerprint density at radius 2 is 0.880 bits per heavy atom. The molecule has 25 heavy (non-hydrogen) atoms. The van der Waals surface area contributed by atoms with Crippen LogP contribution in [-0.4, -0.2) is 94.0 Å². The Hall–Kier alpha value is -1.83. The van der Waals surface area contributed by atoms with E-state index in [2.05, 4.69) is 15.0 Å². The van der Waals surface area contributed by atoms with Crippen LogP contribution in [0, 0.1) is 0 Å². The highest BCUT2D eigenvalue weighted by atomic mass is 16.5. The second-order valence-electron chi connectivity index (χ2n) is 4.81. The summed E-state index contributed by atoms with van der Waals surface area (Å²) in [7, 11) is 6.12. The van der Waals surface area contributed by atoms with Gasteiger partial charge < -0.3 is 29.2 Å². The van der Waals surface area contributed by atoms with E-state index in [-0.39, 0.29) is 44.8 Å². The van der Waals surface area contributed by atoms with E-state index in [1.807, 2.05) is 0 Å². The van der Waals surface area contributed by atoms with Crippen LogP contribution in [0.15, 0.2) is 0 Å². The van der Waals surface area contributed by atoms with Gasteiger partial charge in [-0.2, -0.15) is 15.0 Å². The molecule has 0 fully saturated rings. The number of nitrogens with zero attached hydrogens (tertiary/aromatic N) is 6. The largest absolute Gasteiger partial charge is 0.376 e. The number of hydrogen-bond acceptors (Lipinski definition) is 12. The summed E-state index contributed by atoms with van der Waals surface area (Å²) in [5.74, 6) is 0.569. The number of hydrogen-bond donors (Lipinski definition) is 2. The van der Waals surface area contributed by atoms with Crippen molar-refractivity contribution in [3.05, 3.63) is 0 Å². The Morgan fingerprint density at radius 1 is 0.600 bits per heavy atom. The van der Waals surface area contributed by atoms with Crippen LogP contribution in [0.5, 0.6) is 0 Å². The van der Waals surface area contributed by atoms with Crippen LogP contribution in [0.25, 0.3) is 0 Å². The van der Waals surface area contributed by atoms with E-state index >= 15 is 0 Å². The van der Waals surface area contributed by atoms with Gasteiger partial charge in [0.25, 0.3) is 0 Å². The topological polar surface area (TPSA) is 126 Å². The Labute approximate surface area is 146 Å². The van der Waals surface area contributed by atoms with Crippen molar-refractivity contribution < 1.29 is 29.2 Å². The van der Waals surface area contributed by atoms with Crippen molar-refractivity contribution in [3.63, 3.8) is 0 Å². The monoisotopic (exact) mass is 362 g/mol. The number of aromatic nitrogens is 3. The van der Waals surface area contributed by atoms with Gasteiger partial charge in [-0.15, -0.1) is 0 Å². The zero-order valence-electron chi connectivity index (χ0n) is 15.0. The maximum Gasteiger partial charge on any atom is 0.235 e. The fourth-order valence-corrected chi connectivity index (χ4v) is 1.87. The molecule has 0 aliphatic heterocycles. The van der Waals surface area contributed by atoms with Crippen LogP contribution in [0.2, 0.25) is 0 Å². The average molecular weight is 362 g/mol. The van der Waals surface area contributed by atoms with Crippen molar-refractivity contribution in [2.75, 3.05) is 83.5 Å². The molecule has 0 unspecified atom stereocenters. The third kappa shape index (κ3) is 6.19. The van der Waals surface area contributed by atoms with Crippen molar-refractivity contribution in [2.24, 2.45) is 0 Å². The fourth-order valence-electron chi connectivity index (χ4n) is 1.87. The van der Waals surface area contributed by atoms with Gasteiger partial charge in [-0.05, 0) is 0 Å². The lowest BCUT2D eigenvalue weighted by Gasteiger charge is -2.26. The van der Waals surface area contributed by atoms with E-state index < -0.39 is 13.5 Å². The third-order valence-corrected chi connectivity index (χ3v) is 2.93. The van der Waals surface area contributed by atoms with E-state index in [9.17, 15) is 10.2 Å². The Bertz CT molecular complexity index is 446. The highest BCUT2D eigenvalue weighted by Crippen LogP contribution is 2.19. The summed E-state index contributed by atoms with van der Waals surface area (Å²) in [6, 6.07) is 0. The van der Waals surface area contributed by atoms with Gasteiger partial charge in [-0.3, -0.25) is 14.7 Å². The molecule has 0 bridgehead atoms. The lowest BCUT2D eigenvalue weighted by molar-refractivity contribution is 0.136. The molecule has 0 atom stereocenters. The molecule has 1 heterocycles. The molecular formula is C13H26N6O6. The number of aliphatic hydroxyl groups is 2. The van der Waals surface area contributed by atoms with Gasteiger partial charge in [0.1, 0.15) is 40.4 Å². The molecule has 0 aromatic carbocycles. The predicted octanol–water partition coefficient (Wildman–Crippen LogP) is -1.39. The Morgan fingerprint density at radius 3 is 1.12 bits per heavy atom. The number of methoxy groups -OCH3 is 4. The zero-order chi connectivity index (χ0) is 18.7. The molecule has 12 nitrogen and oxygen atoms in total. The van der Waals surface area contributed by atoms with E-state index in [0.29, 0.717) is 0 Å². The molecule has 0 saturated carbocycles. The first-order valence-electron chi connectivity index (χ1n) is 7.33. The van der Waals surface area contributed by atoms with Crippen LogP contribution < -0.4 is 14.7 Å². The van der Waals surface area contributed by atoms with Crippen LogP contribution in [-0.2, 0) is 18.9 Å². The molecule has 0 aliphatic carbocycles. The molecule has 1 aromatic heterocycles. The Balaban J connectivity index is 3.33. The Kier molecular flexibility index (Phi) is 9.91. The first-order valence-corrected chi connectivity index (χ1v) is 7.33. The van der Waals surface area contributed by atoms with Crippen LogP contribution >= 0.6 is 0 Å². The first kappa shape index (κ1) is 21.2. The second-order valence-corrected chi connectivity index (χ2v) is 4.81. The SMILES string of the molecule is COCN(COC)c1nc(N(CO)CO)nc(N(COC)COC)n1. The first-order chi connectivity index (χ1) is 12.1. The van der Waals surface area contributed by atoms with Crippen molar-refractivity contribution in [2.45, 2.75) is 0 Å². The van der Waals surface area contributed by atoms with Crippen molar-refractivity contribution in [1.29, 1.82) is 0 Å². The van der Waals surface area contributed by atoms with Gasteiger partial charge in [-0.1, -0.05) is 0 Å². The number of rotatable bonds is 13. The normalized spacial score (nSPS) is 10.8. The minimum atomic E-state index is -0.470. The van der Waals surface area contributed by atoms with Crippen molar-refractivity contribution in [3.8, 4) is 0 Å². The van der Waals surface area contributed by atoms with Crippen LogP contribution in [0.1, 0.15) is 0 Å². The van der Waals surface area contributed by atoms with Gasteiger partial charge in [0, 0.05) is 28.4 Å². The summed E-state index contributed by atoms with van der Waals surface area (Å²) in [4.78, 5) is 17.3. The molecule has 0 radical (unpaired) electrons. The second kappa shape index (κ2) is 11.7. The molecule has 0 saturated heterocycles. The number of anilines is 3. The van der Waals surface area contributed by atoms with E-state index in [1.54, 1.807) is 9.80 Å². The van der Waals surface area contributed by atoms with Crippen LogP contribution in [0.4, 0.5) is 17.8 Å². The summed E-state index contributed by atoms with van der Waals surface area (Å²) in [5, 5.41) is 18.8. The molecule has 0 aliphatic rings. The molecule has 0 spiro atoms. The molecular weight excluding hydrogens is 336 g/mol. The van der Waals surface area contributed by atoms with Crippen LogP contribution in [0.3, 0.4) is 0 Å². The van der Waals surface area contributed by atoms with Gasteiger partial charge in [0.05, 0.1) is 0 Å². The van der Waals surface area contributed by atoms with E-state index in [1.165, 1.54) is 28.4 Å². The maximum atomic E-state index is 9.39. The maximum absolute atomic E-state index is 9.39. The summed E-state index contributed by atoms with van der Waals surface area (Å²) in [6.07, 6.45) is 0. The van der Waals surface area contributed by atoms with Gasteiger partial charge >= 0.3 is 0 Å². The standard InChI is InChI=1S/C13H26N6O6/c1-22-7-18(8-23-2)12-14-11(17(5-20)6-21)15-13(16-12)19(9-24-3)10-25-4/h20-21H,5-10H2,1-4H3. The molecule has 144 valence electrons. The quantitative estimate of drug-likeness (QED) is 0.401. The third-order valence-electron chi connectivity index (χ3n) is 2.93. The highest BCUT2D eigenvalue weighted by molar-refractivity contribution is 5.45. The minimum absolute atomic E-state index is 0.0828. The van der Waals surface area contributed by atoms with E-state index in [0.717, 1.165) is 4.90 Å². The molecule has 2 N–H and O–H groups in total. The van der Waals surface area contributed by atoms with Crippen molar-refractivity contribution >= 4 is 17.8 Å². The molecule has 12 heteroatoms. The molecule has 1 aromatic rings. The fraction of sp³-hybridized carbons (Fsp3) is 0.769. The number of aliphatic hydroxyl groups excluding tert-OH is 2. The predicted molar refractivity (Wildman–Crippen MR) is 88.9 cm³/mol. The smallest absolute Gasteiger partial charge is 0.235 e. The lowest BCUT2D eigenvalue weighted by Crippen LogP contribution is -2.35. The van der Waals surface area contributed by atoms with Gasteiger partial charge in [0.15, 0.2) is 0 Å². The summed E-state index contributed by atoms with van der Waals surface area (Å²) in [5.41, 5.74) is 0. The summed E-state index contributed by atoms with van der Waals surface area (Å²) < 4.78 is 20.5. The average Bonchev–Trinajstić information content (AvgIpc) is 2.62. The number of ether oxygens (including phenoxy) is 4. The minimum Gasteiger partial charge on any atom is -0.376 e. The molecule has 0 amide bonds. The highest BCUT2D eigenvalue weighted by Gasteiger charge is 2.20. The van der Waals surface area contributed by atoms with Crippen molar-refractivity contribution in [1.82, 2.24) is 15.0 Å². The lowest BCUT2D eigenvalue weighted by atomic mass is 10.6. The summed E-state index contributed by atoms with van der Waals surface area (Å²) >= 11 is 0.